The minimum absolute atomic E-state index is 0.132. The zero-order valence-electron chi connectivity index (χ0n) is 13.5. The summed E-state index contributed by atoms with van der Waals surface area (Å²) in [4.78, 5) is 4.37. The van der Waals surface area contributed by atoms with Gasteiger partial charge in [0.15, 0.2) is 0 Å². The molecule has 2 aromatic rings. The van der Waals surface area contributed by atoms with Crippen LogP contribution in [0.5, 0.6) is 0 Å². The lowest BCUT2D eigenvalue weighted by molar-refractivity contribution is -0.0905. The van der Waals surface area contributed by atoms with Gasteiger partial charge in [-0.1, -0.05) is 52.0 Å². The minimum Gasteiger partial charge on any atom is -0.385 e. The molecule has 0 bridgehead atoms. The lowest BCUT2D eigenvalue weighted by Crippen LogP contribution is -2.44. The zero-order chi connectivity index (χ0) is 15.3. The van der Waals surface area contributed by atoms with Gasteiger partial charge < -0.3 is 5.11 Å². The van der Waals surface area contributed by atoms with E-state index < -0.39 is 5.60 Å². The van der Waals surface area contributed by atoms with Gasteiger partial charge in [-0.05, 0) is 35.5 Å². The summed E-state index contributed by atoms with van der Waals surface area (Å²) >= 11 is 0. The van der Waals surface area contributed by atoms with Gasteiger partial charge in [-0.3, -0.25) is 4.98 Å². The van der Waals surface area contributed by atoms with Crippen LogP contribution in [0.2, 0.25) is 0 Å². The van der Waals surface area contributed by atoms with E-state index in [1.807, 2.05) is 24.5 Å². The van der Waals surface area contributed by atoms with Crippen molar-refractivity contribution in [2.45, 2.75) is 52.6 Å². The molecule has 1 saturated carbocycles. The predicted octanol–water partition coefficient (Wildman–Crippen LogP) is 4.66. The predicted molar refractivity (Wildman–Crippen MR) is 87.1 cm³/mol. The van der Waals surface area contributed by atoms with Crippen molar-refractivity contribution in [3.05, 3.63) is 42.2 Å². The fraction of sp³-hybridized carbons (Fsp3) is 0.526. The van der Waals surface area contributed by atoms with Gasteiger partial charge in [0.2, 0.25) is 0 Å². The summed E-state index contributed by atoms with van der Waals surface area (Å²) in [7, 11) is 0. The van der Waals surface area contributed by atoms with Crippen LogP contribution in [0.15, 0.2) is 36.7 Å². The quantitative estimate of drug-likeness (QED) is 0.825. The molecule has 21 heavy (non-hydrogen) atoms. The largest absolute Gasteiger partial charge is 0.385 e. The third-order valence-electron chi connectivity index (χ3n) is 4.67. The Balaban J connectivity index is 2.16. The minimum atomic E-state index is -0.793. The number of hydrogen-bond donors (Lipinski definition) is 1. The van der Waals surface area contributed by atoms with Crippen molar-refractivity contribution in [1.29, 1.82) is 0 Å². The van der Waals surface area contributed by atoms with Crippen LogP contribution in [0.3, 0.4) is 0 Å². The second-order valence-corrected chi connectivity index (χ2v) is 8.30. The lowest BCUT2D eigenvalue weighted by atomic mass is 9.58. The van der Waals surface area contributed by atoms with Crippen LogP contribution in [0.4, 0.5) is 0 Å². The highest BCUT2D eigenvalue weighted by atomic mass is 16.3. The molecular formula is C19H25NO. The van der Waals surface area contributed by atoms with Crippen LogP contribution >= 0.6 is 0 Å². The first-order valence-corrected chi connectivity index (χ1v) is 7.77. The van der Waals surface area contributed by atoms with Gasteiger partial charge >= 0.3 is 0 Å². The van der Waals surface area contributed by atoms with E-state index in [2.05, 4.69) is 44.8 Å². The van der Waals surface area contributed by atoms with Crippen molar-refractivity contribution in [2.75, 3.05) is 0 Å². The maximum atomic E-state index is 11.5. The number of aromatic nitrogens is 1. The number of hydrogen-bond acceptors (Lipinski definition) is 2. The zero-order valence-corrected chi connectivity index (χ0v) is 13.5. The molecule has 0 spiro atoms. The average Bonchev–Trinajstić information content (AvgIpc) is 2.33. The van der Waals surface area contributed by atoms with E-state index in [4.69, 9.17) is 0 Å². The van der Waals surface area contributed by atoms with Crippen molar-refractivity contribution in [3.8, 4) is 0 Å². The molecule has 1 aliphatic carbocycles. The van der Waals surface area contributed by atoms with E-state index in [1.54, 1.807) is 0 Å². The molecular weight excluding hydrogens is 258 g/mol. The molecule has 0 aliphatic heterocycles. The molecule has 0 amide bonds. The highest BCUT2D eigenvalue weighted by Gasteiger charge is 2.47. The Kier molecular flexibility index (Phi) is 3.14. The average molecular weight is 283 g/mol. The van der Waals surface area contributed by atoms with Crippen LogP contribution in [0, 0.1) is 10.8 Å². The normalized spacial score (nSPS) is 23.1. The van der Waals surface area contributed by atoms with Crippen LogP contribution in [-0.2, 0) is 5.60 Å². The van der Waals surface area contributed by atoms with Crippen molar-refractivity contribution in [2.24, 2.45) is 10.8 Å². The van der Waals surface area contributed by atoms with E-state index in [9.17, 15) is 5.11 Å². The molecule has 1 aromatic carbocycles. The smallest absolute Gasteiger partial charge is 0.0927 e. The highest BCUT2D eigenvalue weighted by molar-refractivity contribution is 5.85. The van der Waals surface area contributed by atoms with Crippen LogP contribution in [0.1, 0.15) is 52.5 Å². The fourth-order valence-corrected chi connectivity index (χ4v) is 4.74. The maximum absolute atomic E-state index is 11.5. The van der Waals surface area contributed by atoms with Gasteiger partial charge in [0.1, 0.15) is 0 Å². The molecule has 1 aliphatic rings. The SMILES string of the molecule is CC1(C)CC(C)(C)CC(O)(c2cncc3ccccc23)C1. The Hall–Kier alpha value is -1.41. The second kappa shape index (κ2) is 4.54. The molecule has 1 N–H and O–H groups in total. The summed E-state index contributed by atoms with van der Waals surface area (Å²) in [6, 6.07) is 8.22. The number of pyridine rings is 1. The summed E-state index contributed by atoms with van der Waals surface area (Å²) in [6.45, 7) is 9.05. The first-order chi connectivity index (χ1) is 9.71. The van der Waals surface area contributed by atoms with Gasteiger partial charge in [-0.2, -0.15) is 0 Å². The molecule has 3 rings (SSSR count). The van der Waals surface area contributed by atoms with Crippen molar-refractivity contribution < 1.29 is 5.11 Å². The Morgan fingerprint density at radius 1 is 0.905 bits per heavy atom. The fourth-order valence-electron chi connectivity index (χ4n) is 4.74. The molecule has 112 valence electrons. The number of rotatable bonds is 1. The number of aliphatic hydroxyl groups is 1. The van der Waals surface area contributed by atoms with Crippen LogP contribution < -0.4 is 0 Å². The lowest BCUT2D eigenvalue weighted by Gasteiger charge is -2.50. The van der Waals surface area contributed by atoms with E-state index >= 15 is 0 Å². The monoisotopic (exact) mass is 283 g/mol. The Labute approximate surface area is 127 Å². The van der Waals surface area contributed by atoms with E-state index in [0.29, 0.717) is 0 Å². The number of nitrogens with zero attached hydrogens (tertiary/aromatic N) is 1. The number of fused-ring (bicyclic) bond motifs is 1. The molecule has 0 unspecified atom stereocenters. The Bertz CT molecular complexity index is 651. The summed E-state index contributed by atoms with van der Waals surface area (Å²) in [5.41, 5.74) is 0.460. The van der Waals surface area contributed by atoms with Gasteiger partial charge in [-0.15, -0.1) is 0 Å². The van der Waals surface area contributed by atoms with Crippen molar-refractivity contribution >= 4 is 10.8 Å². The molecule has 0 atom stereocenters. The molecule has 0 radical (unpaired) electrons. The standard InChI is InChI=1S/C19H25NO/c1-17(2)11-18(3,4)13-19(21,12-17)16-10-20-9-14-7-5-6-8-15(14)16/h5-10,21H,11-13H2,1-4H3. The number of benzene rings is 1. The summed E-state index contributed by atoms with van der Waals surface area (Å²) in [6.07, 6.45) is 6.46. The molecule has 0 saturated heterocycles. The Morgan fingerprint density at radius 2 is 1.52 bits per heavy atom. The van der Waals surface area contributed by atoms with E-state index in [1.165, 1.54) is 0 Å². The van der Waals surface area contributed by atoms with Gasteiger partial charge in [0, 0.05) is 23.3 Å². The van der Waals surface area contributed by atoms with Gasteiger partial charge in [0.25, 0.3) is 0 Å². The highest BCUT2D eigenvalue weighted by Crippen LogP contribution is 2.54. The van der Waals surface area contributed by atoms with E-state index in [-0.39, 0.29) is 10.8 Å². The maximum Gasteiger partial charge on any atom is 0.0927 e. The summed E-state index contributed by atoms with van der Waals surface area (Å²) < 4.78 is 0. The summed E-state index contributed by atoms with van der Waals surface area (Å²) in [5, 5.41) is 13.7. The van der Waals surface area contributed by atoms with Gasteiger partial charge in [0.05, 0.1) is 5.60 Å². The first-order valence-electron chi connectivity index (χ1n) is 7.77. The molecule has 1 heterocycles. The molecule has 2 nitrogen and oxygen atoms in total. The molecule has 1 aromatic heterocycles. The molecule has 1 fully saturated rings. The molecule has 2 heteroatoms. The van der Waals surface area contributed by atoms with Crippen LogP contribution in [0.25, 0.3) is 10.8 Å². The van der Waals surface area contributed by atoms with Crippen LogP contribution in [-0.4, -0.2) is 10.1 Å². The van der Waals surface area contributed by atoms with Gasteiger partial charge in [-0.25, -0.2) is 0 Å². The second-order valence-electron chi connectivity index (χ2n) is 8.30. The first kappa shape index (κ1) is 14.5. The van der Waals surface area contributed by atoms with E-state index in [0.717, 1.165) is 35.6 Å². The van der Waals surface area contributed by atoms with Crippen molar-refractivity contribution in [1.82, 2.24) is 4.98 Å². The van der Waals surface area contributed by atoms with Crippen molar-refractivity contribution in [3.63, 3.8) is 0 Å². The third kappa shape index (κ3) is 2.69. The topological polar surface area (TPSA) is 33.1 Å². The summed E-state index contributed by atoms with van der Waals surface area (Å²) in [5.74, 6) is 0. The Morgan fingerprint density at radius 3 is 2.19 bits per heavy atom. The third-order valence-corrected chi connectivity index (χ3v) is 4.67.